The van der Waals surface area contributed by atoms with Gasteiger partial charge in [0.25, 0.3) is 0 Å². The van der Waals surface area contributed by atoms with Crippen LogP contribution in [0, 0.1) is 27.7 Å². The zero-order valence-electron chi connectivity index (χ0n) is 14.7. The number of hydrogen-bond donors (Lipinski definition) is 1. The third-order valence-electron chi connectivity index (χ3n) is 4.39. The highest BCUT2D eigenvalue weighted by molar-refractivity contribution is 5.93. The average molecular weight is 326 g/mol. The van der Waals surface area contributed by atoms with E-state index >= 15 is 0 Å². The number of fused-ring (bicyclic) bond motifs is 1. The molecule has 2 aromatic heterocycles. The van der Waals surface area contributed by atoms with Crippen molar-refractivity contribution in [3.05, 3.63) is 46.2 Å². The number of H-pyrrole nitrogens is 1. The highest BCUT2D eigenvalue weighted by Crippen LogP contribution is 2.28. The second-order valence-electron chi connectivity index (χ2n) is 6.33. The van der Waals surface area contributed by atoms with Gasteiger partial charge < -0.3 is 14.4 Å². The molecule has 3 aromatic rings. The number of nitrogens with one attached hydrogen (secondary N) is 1. The lowest BCUT2D eigenvalue weighted by Crippen LogP contribution is -2.28. The predicted octanol–water partition coefficient (Wildman–Crippen LogP) is 2.99. The molecule has 0 bridgehead atoms. The van der Waals surface area contributed by atoms with Gasteiger partial charge in [0.05, 0.1) is 13.0 Å². The minimum absolute atomic E-state index is 0.0300. The first-order chi connectivity index (χ1) is 11.4. The molecule has 0 aliphatic heterocycles. The fourth-order valence-corrected chi connectivity index (χ4v) is 3.02. The molecule has 0 spiro atoms. The van der Waals surface area contributed by atoms with Crippen molar-refractivity contribution in [1.82, 2.24) is 20.0 Å². The van der Waals surface area contributed by atoms with Crippen molar-refractivity contribution >= 4 is 16.8 Å². The van der Waals surface area contributed by atoms with Gasteiger partial charge in [-0.1, -0.05) is 17.3 Å². The lowest BCUT2D eigenvalue weighted by atomic mass is 10.0. The summed E-state index contributed by atoms with van der Waals surface area (Å²) in [6, 6.07) is 4.20. The van der Waals surface area contributed by atoms with Crippen LogP contribution in [0.15, 0.2) is 16.7 Å². The van der Waals surface area contributed by atoms with Crippen molar-refractivity contribution in [2.45, 2.75) is 40.7 Å². The summed E-state index contributed by atoms with van der Waals surface area (Å²) in [6.07, 6.45) is 0.351. The monoisotopic (exact) mass is 326 g/mol. The fraction of sp³-hybridized carbons (Fsp3) is 0.389. The number of nitrogens with zero attached hydrogens (tertiary/aromatic N) is 3. The van der Waals surface area contributed by atoms with Crippen LogP contribution in [-0.2, 0) is 17.8 Å². The third-order valence-corrected chi connectivity index (χ3v) is 4.39. The van der Waals surface area contributed by atoms with Crippen molar-refractivity contribution in [2.24, 2.45) is 0 Å². The highest BCUT2D eigenvalue weighted by atomic mass is 16.5. The molecule has 1 N–H and O–H groups in total. The van der Waals surface area contributed by atoms with Crippen LogP contribution < -0.4 is 0 Å². The van der Waals surface area contributed by atoms with E-state index in [0.29, 0.717) is 24.7 Å². The first-order valence-electron chi connectivity index (χ1n) is 7.97. The highest BCUT2D eigenvalue weighted by Gasteiger charge is 2.18. The molecule has 0 aliphatic carbocycles. The van der Waals surface area contributed by atoms with E-state index in [0.717, 1.165) is 22.2 Å². The molecule has 126 valence electrons. The van der Waals surface area contributed by atoms with Crippen molar-refractivity contribution in [3.8, 4) is 0 Å². The minimum atomic E-state index is 0.0300. The largest absolute Gasteiger partial charge is 0.358 e. The molecule has 0 atom stereocenters. The van der Waals surface area contributed by atoms with E-state index in [9.17, 15) is 4.79 Å². The molecule has 6 heteroatoms. The van der Waals surface area contributed by atoms with Gasteiger partial charge in [0.2, 0.25) is 11.8 Å². The number of carbonyl (C=O) groups excluding carboxylic acids is 1. The Bertz CT molecular complexity index is 907. The molecule has 0 aliphatic rings. The first kappa shape index (κ1) is 16.2. The predicted molar refractivity (Wildman–Crippen MR) is 91.7 cm³/mol. The van der Waals surface area contributed by atoms with Crippen LogP contribution in [0.25, 0.3) is 10.9 Å². The molecule has 0 saturated carbocycles. The standard InChI is InChI=1S/C18H22N4O2/c1-10-6-7-11(2)18-17(10)14(12(3)19-18)8-16(23)22(5)9-15-20-13(4)24-21-15/h6-7,19H,8-9H2,1-5H3. The lowest BCUT2D eigenvalue weighted by Gasteiger charge is -2.15. The normalized spacial score (nSPS) is 11.2. The van der Waals surface area contributed by atoms with Gasteiger partial charge in [-0.3, -0.25) is 4.79 Å². The smallest absolute Gasteiger partial charge is 0.227 e. The Balaban J connectivity index is 1.85. The van der Waals surface area contributed by atoms with Crippen molar-refractivity contribution in [1.29, 1.82) is 0 Å². The van der Waals surface area contributed by atoms with Crippen LogP contribution in [0.4, 0.5) is 0 Å². The van der Waals surface area contributed by atoms with Crippen molar-refractivity contribution in [3.63, 3.8) is 0 Å². The lowest BCUT2D eigenvalue weighted by molar-refractivity contribution is -0.129. The molecule has 3 rings (SSSR count). The van der Waals surface area contributed by atoms with Gasteiger partial charge >= 0.3 is 0 Å². The van der Waals surface area contributed by atoms with Crippen LogP contribution in [0.5, 0.6) is 0 Å². The van der Waals surface area contributed by atoms with Crippen LogP contribution in [-0.4, -0.2) is 33.0 Å². The van der Waals surface area contributed by atoms with Gasteiger partial charge in [0.1, 0.15) is 0 Å². The van der Waals surface area contributed by atoms with E-state index in [1.54, 1.807) is 18.9 Å². The Morgan fingerprint density at radius 1 is 1.21 bits per heavy atom. The Morgan fingerprint density at radius 3 is 2.58 bits per heavy atom. The van der Waals surface area contributed by atoms with Gasteiger partial charge in [-0.05, 0) is 37.5 Å². The maximum atomic E-state index is 12.6. The molecule has 6 nitrogen and oxygen atoms in total. The Kier molecular flexibility index (Phi) is 4.13. The SMILES string of the molecule is Cc1nc(CN(C)C(=O)Cc2c(C)[nH]c3c(C)ccc(C)c23)no1. The van der Waals surface area contributed by atoms with Gasteiger partial charge in [-0.15, -0.1) is 0 Å². The van der Waals surface area contributed by atoms with Gasteiger partial charge in [0.15, 0.2) is 5.82 Å². The molecule has 2 heterocycles. The van der Waals surface area contributed by atoms with Gasteiger partial charge in [0, 0.05) is 30.6 Å². The summed E-state index contributed by atoms with van der Waals surface area (Å²) < 4.78 is 4.95. The fourth-order valence-electron chi connectivity index (χ4n) is 3.02. The maximum Gasteiger partial charge on any atom is 0.227 e. The molecule has 0 fully saturated rings. The van der Waals surface area contributed by atoms with Crippen molar-refractivity contribution in [2.75, 3.05) is 7.05 Å². The molecule has 0 saturated heterocycles. The topological polar surface area (TPSA) is 75.0 Å². The third kappa shape index (κ3) is 2.91. The van der Waals surface area contributed by atoms with E-state index < -0.39 is 0 Å². The van der Waals surface area contributed by atoms with Gasteiger partial charge in [-0.2, -0.15) is 4.98 Å². The number of amides is 1. The Morgan fingerprint density at radius 2 is 1.92 bits per heavy atom. The zero-order chi connectivity index (χ0) is 17.4. The first-order valence-corrected chi connectivity index (χ1v) is 7.97. The summed E-state index contributed by atoms with van der Waals surface area (Å²) in [4.78, 5) is 21.8. The summed E-state index contributed by atoms with van der Waals surface area (Å²) in [5, 5.41) is 5.00. The Hall–Kier alpha value is -2.63. The van der Waals surface area contributed by atoms with E-state index in [-0.39, 0.29) is 5.91 Å². The van der Waals surface area contributed by atoms with Crippen LogP contribution in [0.1, 0.15) is 34.1 Å². The summed E-state index contributed by atoms with van der Waals surface area (Å²) in [6.45, 7) is 8.25. The molecule has 24 heavy (non-hydrogen) atoms. The van der Waals surface area contributed by atoms with Crippen LogP contribution in [0.3, 0.4) is 0 Å². The van der Waals surface area contributed by atoms with Crippen molar-refractivity contribution < 1.29 is 9.32 Å². The van der Waals surface area contributed by atoms with E-state index in [4.69, 9.17) is 4.52 Å². The number of aromatic nitrogens is 3. The van der Waals surface area contributed by atoms with E-state index in [1.165, 1.54) is 11.1 Å². The van der Waals surface area contributed by atoms with Crippen LogP contribution >= 0.6 is 0 Å². The number of aromatic amines is 1. The summed E-state index contributed by atoms with van der Waals surface area (Å²) >= 11 is 0. The Labute approximate surface area is 140 Å². The van der Waals surface area contributed by atoms with E-state index in [2.05, 4.69) is 41.1 Å². The number of benzene rings is 1. The molecular weight excluding hydrogens is 304 g/mol. The molecule has 1 amide bonds. The van der Waals surface area contributed by atoms with Gasteiger partial charge in [-0.25, -0.2) is 0 Å². The minimum Gasteiger partial charge on any atom is -0.358 e. The molecule has 0 radical (unpaired) electrons. The van der Waals surface area contributed by atoms with E-state index in [1.807, 2.05) is 6.92 Å². The second-order valence-corrected chi connectivity index (χ2v) is 6.33. The summed E-state index contributed by atoms with van der Waals surface area (Å²) in [5.74, 6) is 1.05. The zero-order valence-corrected chi connectivity index (χ0v) is 14.7. The summed E-state index contributed by atoms with van der Waals surface area (Å²) in [5.41, 5.74) is 5.59. The number of aryl methyl sites for hydroxylation is 4. The average Bonchev–Trinajstić information content (AvgIpc) is 3.08. The number of carbonyl (C=O) groups is 1. The summed E-state index contributed by atoms with van der Waals surface area (Å²) in [7, 11) is 1.76. The van der Waals surface area contributed by atoms with Crippen LogP contribution in [0.2, 0.25) is 0 Å². The number of hydrogen-bond acceptors (Lipinski definition) is 4. The maximum absolute atomic E-state index is 12.6. The second kappa shape index (κ2) is 6.11. The quantitative estimate of drug-likeness (QED) is 0.800. The molecular formula is C18H22N4O2. The number of rotatable bonds is 4. The molecule has 1 aromatic carbocycles. The molecule has 0 unspecified atom stereocenters. The number of likely N-dealkylation sites (N-methyl/N-ethyl adjacent to an activating group) is 1.